The van der Waals surface area contributed by atoms with Gasteiger partial charge in [0.25, 0.3) is 0 Å². The molecule has 0 saturated heterocycles. The van der Waals surface area contributed by atoms with Gasteiger partial charge in [0.1, 0.15) is 6.04 Å². The van der Waals surface area contributed by atoms with Gasteiger partial charge in [0.2, 0.25) is 5.91 Å². The Bertz CT molecular complexity index is 498. The van der Waals surface area contributed by atoms with Crippen molar-refractivity contribution >= 4 is 11.9 Å². The van der Waals surface area contributed by atoms with Crippen LogP contribution in [0, 0.1) is 0 Å². The van der Waals surface area contributed by atoms with Crippen LogP contribution >= 0.6 is 0 Å². The van der Waals surface area contributed by atoms with Crippen molar-refractivity contribution < 1.29 is 9.59 Å². The number of urea groups is 1. The van der Waals surface area contributed by atoms with Gasteiger partial charge in [-0.05, 0) is 24.0 Å². The van der Waals surface area contributed by atoms with E-state index in [1.807, 2.05) is 12.1 Å². The molecule has 5 heteroatoms. The fourth-order valence-electron chi connectivity index (χ4n) is 1.94. The first-order valence-corrected chi connectivity index (χ1v) is 7.15. The van der Waals surface area contributed by atoms with Gasteiger partial charge in [-0.1, -0.05) is 38.1 Å². The molecule has 0 bridgehead atoms. The van der Waals surface area contributed by atoms with E-state index >= 15 is 0 Å². The SMILES string of the molecule is CC(C)c1cccc(CNC(=O)N[C@@H](C)C(=O)N(C)C)c1. The molecule has 116 valence electrons. The van der Waals surface area contributed by atoms with Gasteiger partial charge in [0.05, 0.1) is 0 Å². The fraction of sp³-hybridized carbons (Fsp3) is 0.500. The molecule has 0 aliphatic rings. The zero-order valence-electron chi connectivity index (χ0n) is 13.4. The van der Waals surface area contributed by atoms with Gasteiger partial charge < -0.3 is 15.5 Å². The first kappa shape index (κ1) is 17.0. The molecule has 0 aromatic heterocycles. The maximum Gasteiger partial charge on any atom is 0.315 e. The molecule has 0 aliphatic heterocycles. The van der Waals surface area contributed by atoms with Crippen LogP contribution in [0.4, 0.5) is 4.79 Å². The lowest BCUT2D eigenvalue weighted by molar-refractivity contribution is -0.130. The van der Waals surface area contributed by atoms with E-state index in [2.05, 4.69) is 36.6 Å². The van der Waals surface area contributed by atoms with Crippen molar-refractivity contribution in [3.05, 3.63) is 35.4 Å². The molecular formula is C16H25N3O2. The minimum Gasteiger partial charge on any atom is -0.347 e. The quantitative estimate of drug-likeness (QED) is 0.872. The third kappa shape index (κ3) is 5.45. The minimum atomic E-state index is -0.540. The number of nitrogens with one attached hydrogen (secondary N) is 2. The van der Waals surface area contributed by atoms with Crippen molar-refractivity contribution in [1.29, 1.82) is 0 Å². The van der Waals surface area contributed by atoms with Crippen LogP contribution in [-0.4, -0.2) is 37.0 Å². The van der Waals surface area contributed by atoms with Crippen LogP contribution in [0.1, 0.15) is 37.8 Å². The Hall–Kier alpha value is -2.04. The minimum absolute atomic E-state index is 0.132. The summed E-state index contributed by atoms with van der Waals surface area (Å²) in [5.74, 6) is 0.323. The smallest absolute Gasteiger partial charge is 0.315 e. The highest BCUT2D eigenvalue weighted by molar-refractivity contribution is 5.86. The maximum absolute atomic E-state index is 11.8. The molecule has 21 heavy (non-hydrogen) atoms. The van der Waals surface area contributed by atoms with Crippen molar-refractivity contribution in [2.45, 2.75) is 39.3 Å². The summed E-state index contributed by atoms with van der Waals surface area (Å²) in [6, 6.07) is 7.24. The Morgan fingerprint density at radius 3 is 2.43 bits per heavy atom. The largest absolute Gasteiger partial charge is 0.347 e. The summed E-state index contributed by atoms with van der Waals surface area (Å²) in [6.45, 7) is 6.37. The molecule has 0 fully saturated rings. The van der Waals surface area contributed by atoms with Crippen LogP contribution in [0.5, 0.6) is 0 Å². The highest BCUT2D eigenvalue weighted by Gasteiger charge is 2.16. The Morgan fingerprint density at radius 2 is 1.86 bits per heavy atom. The second-order valence-electron chi connectivity index (χ2n) is 5.68. The summed E-state index contributed by atoms with van der Waals surface area (Å²) in [5.41, 5.74) is 2.29. The lowest BCUT2D eigenvalue weighted by Gasteiger charge is -2.18. The molecule has 0 aliphatic carbocycles. The lowest BCUT2D eigenvalue weighted by Crippen LogP contribution is -2.47. The van der Waals surface area contributed by atoms with Crippen LogP contribution in [-0.2, 0) is 11.3 Å². The number of hydrogen-bond acceptors (Lipinski definition) is 2. The molecule has 5 nitrogen and oxygen atoms in total. The van der Waals surface area contributed by atoms with Crippen molar-refractivity contribution in [3.63, 3.8) is 0 Å². The van der Waals surface area contributed by atoms with E-state index < -0.39 is 6.04 Å². The normalized spacial score (nSPS) is 11.9. The van der Waals surface area contributed by atoms with Gasteiger partial charge in [-0.3, -0.25) is 4.79 Å². The highest BCUT2D eigenvalue weighted by Crippen LogP contribution is 2.15. The van der Waals surface area contributed by atoms with Crippen LogP contribution in [0.15, 0.2) is 24.3 Å². The van der Waals surface area contributed by atoms with Crippen molar-refractivity contribution in [2.24, 2.45) is 0 Å². The van der Waals surface area contributed by atoms with E-state index in [1.54, 1.807) is 21.0 Å². The zero-order valence-corrected chi connectivity index (χ0v) is 13.4. The van der Waals surface area contributed by atoms with Crippen LogP contribution < -0.4 is 10.6 Å². The van der Waals surface area contributed by atoms with Crippen molar-refractivity contribution in [1.82, 2.24) is 15.5 Å². The predicted molar refractivity (Wildman–Crippen MR) is 84.1 cm³/mol. The molecule has 1 aromatic rings. The number of nitrogens with zero attached hydrogens (tertiary/aromatic N) is 1. The summed E-state index contributed by atoms with van der Waals surface area (Å²) in [6.07, 6.45) is 0. The summed E-state index contributed by atoms with van der Waals surface area (Å²) in [7, 11) is 3.33. The van der Waals surface area contributed by atoms with Gasteiger partial charge >= 0.3 is 6.03 Å². The summed E-state index contributed by atoms with van der Waals surface area (Å²) in [5, 5.41) is 5.40. The first-order chi connectivity index (χ1) is 9.81. The molecule has 1 atom stereocenters. The number of benzene rings is 1. The van der Waals surface area contributed by atoms with E-state index in [1.165, 1.54) is 10.5 Å². The summed E-state index contributed by atoms with van der Waals surface area (Å²) in [4.78, 5) is 24.9. The molecule has 1 rings (SSSR count). The predicted octanol–water partition coefficient (Wildman–Crippen LogP) is 2.09. The van der Waals surface area contributed by atoms with Gasteiger partial charge in [-0.2, -0.15) is 0 Å². The molecule has 2 N–H and O–H groups in total. The van der Waals surface area contributed by atoms with Crippen LogP contribution in [0.25, 0.3) is 0 Å². The van der Waals surface area contributed by atoms with E-state index in [0.717, 1.165) is 5.56 Å². The number of amides is 3. The molecule has 0 radical (unpaired) electrons. The van der Waals surface area contributed by atoms with Gasteiger partial charge in [0, 0.05) is 20.6 Å². The number of rotatable bonds is 5. The maximum atomic E-state index is 11.8. The molecule has 3 amide bonds. The monoisotopic (exact) mass is 291 g/mol. The Kier molecular flexibility index (Phi) is 6.21. The highest BCUT2D eigenvalue weighted by atomic mass is 16.2. The number of hydrogen-bond donors (Lipinski definition) is 2. The van der Waals surface area contributed by atoms with Crippen molar-refractivity contribution in [2.75, 3.05) is 14.1 Å². The Labute approximate surface area is 126 Å². The van der Waals surface area contributed by atoms with E-state index in [9.17, 15) is 9.59 Å². The average Bonchev–Trinajstić information content (AvgIpc) is 2.44. The fourth-order valence-corrected chi connectivity index (χ4v) is 1.94. The topological polar surface area (TPSA) is 61.4 Å². The number of carbonyl (C=O) groups excluding carboxylic acids is 2. The van der Waals surface area contributed by atoms with Crippen molar-refractivity contribution in [3.8, 4) is 0 Å². The number of carbonyl (C=O) groups is 2. The lowest BCUT2D eigenvalue weighted by atomic mass is 10.0. The van der Waals surface area contributed by atoms with E-state index in [-0.39, 0.29) is 11.9 Å². The van der Waals surface area contributed by atoms with Gasteiger partial charge in [-0.25, -0.2) is 4.79 Å². The molecule has 0 heterocycles. The number of likely N-dealkylation sites (N-methyl/N-ethyl adjacent to an activating group) is 1. The third-order valence-corrected chi connectivity index (χ3v) is 3.23. The third-order valence-electron chi connectivity index (χ3n) is 3.23. The second kappa shape index (κ2) is 7.67. The van der Waals surface area contributed by atoms with Crippen LogP contribution in [0.3, 0.4) is 0 Å². The molecule has 0 unspecified atom stereocenters. The molecule has 1 aromatic carbocycles. The Balaban J connectivity index is 2.50. The summed E-state index contributed by atoms with van der Waals surface area (Å²) < 4.78 is 0. The zero-order chi connectivity index (χ0) is 16.0. The average molecular weight is 291 g/mol. The van der Waals surface area contributed by atoms with Crippen LogP contribution in [0.2, 0.25) is 0 Å². The first-order valence-electron chi connectivity index (χ1n) is 7.15. The molecule has 0 saturated carbocycles. The van der Waals surface area contributed by atoms with Gasteiger partial charge in [-0.15, -0.1) is 0 Å². The Morgan fingerprint density at radius 1 is 1.19 bits per heavy atom. The van der Waals surface area contributed by atoms with Gasteiger partial charge in [0.15, 0.2) is 0 Å². The van der Waals surface area contributed by atoms with E-state index in [4.69, 9.17) is 0 Å². The van der Waals surface area contributed by atoms with E-state index in [0.29, 0.717) is 12.5 Å². The molecular weight excluding hydrogens is 266 g/mol. The second-order valence-corrected chi connectivity index (χ2v) is 5.68. The molecule has 0 spiro atoms. The standard InChI is InChI=1S/C16H25N3O2/c1-11(2)14-8-6-7-13(9-14)10-17-16(21)18-12(3)15(20)19(4)5/h6-9,11-12H,10H2,1-5H3,(H2,17,18,21)/t12-/m0/s1. The summed E-state index contributed by atoms with van der Waals surface area (Å²) >= 11 is 0.